The molecule has 19 heavy (non-hydrogen) atoms. The number of rotatable bonds is 3. The van der Waals surface area contributed by atoms with Crippen molar-refractivity contribution in [2.45, 2.75) is 43.4 Å². The lowest BCUT2D eigenvalue weighted by Crippen LogP contribution is -2.55. The van der Waals surface area contributed by atoms with Crippen LogP contribution in [0.4, 0.5) is 5.69 Å². The number of alkyl halides is 1. The molecule has 1 nitrogen and oxygen atoms in total. The first kappa shape index (κ1) is 12.1. The van der Waals surface area contributed by atoms with E-state index in [0.717, 1.165) is 18.4 Å². The minimum Gasteiger partial charge on any atom is -0.384 e. The summed E-state index contributed by atoms with van der Waals surface area (Å²) in [4.78, 5) is 0.141. The van der Waals surface area contributed by atoms with Crippen molar-refractivity contribution in [2.24, 2.45) is 17.3 Å². The highest BCUT2D eigenvalue weighted by Gasteiger charge is 2.56. The lowest BCUT2D eigenvalue weighted by molar-refractivity contribution is -0.0315. The second-order valence-electron chi connectivity index (χ2n) is 7.33. The van der Waals surface area contributed by atoms with Crippen molar-refractivity contribution in [3.63, 3.8) is 0 Å². The van der Waals surface area contributed by atoms with E-state index < -0.39 is 0 Å². The van der Waals surface area contributed by atoms with Crippen LogP contribution in [0.3, 0.4) is 0 Å². The van der Waals surface area contributed by atoms with E-state index in [4.69, 9.17) is 11.6 Å². The number of halogens is 1. The highest BCUT2D eigenvalue weighted by Crippen LogP contribution is 2.63. The lowest BCUT2D eigenvalue weighted by atomic mass is 9.49. The summed E-state index contributed by atoms with van der Waals surface area (Å²) in [7, 11) is 0. The van der Waals surface area contributed by atoms with Gasteiger partial charge in [-0.15, -0.1) is 11.6 Å². The quantitative estimate of drug-likeness (QED) is 0.790. The van der Waals surface area contributed by atoms with E-state index in [1.54, 1.807) is 0 Å². The first-order chi connectivity index (χ1) is 9.15. The smallest absolute Gasteiger partial charge is 0.0458 e. The summed E-state index contributed by atoms with van der Waals surface area (Å²) in [6.45, 7) is 1.11. The molecule has 1 aromatic rings. The maximum Gasteiger partial charge on any atom is 0.0458 e. The van der Waals surface area contributed by atoms with Crippen molar-refractivity contribution in [3.05, 3.63) is 30.3 Å². The highest BCUT2D eigenvalue weighted by atomic mass is 35.5. The van der Waals surface area contributed by atoms with Gasteiger partial charge in [0, 0.05) is 17.1 Å². The molecule has 5 rings (SSSR count). The maximum atomic E-state index is 6.87. The van der Waals surface area contributed by atoms with Crippen molar-refractivity contribution in [1.29, 1.82) is 0 Å². The zero-order valence-electron chi connectivity index (χ0n) is 11.4. The molecule has 4 bridgehead atoms. The molecule has 1 N–H and O–H groups in total. The van der Waals surface area contributed by atoms with Gasteiger partial charge in [0.2, 0.25) is 0 Å². The summed E-state index contributed by atoms with van der Waals surface area (Å²) in [5.41, 5.74) is 1.73. The number of anilines is 1. The molecule has 0 saturated heterocycles. The van der Waals surface area contributed by atoms with Gasteiger partial charge in [-0.2, -0.15) is 0 Å². The third kappa shape index (κ3) is 2.16. The predicted molar refractivity (Wildman–Crippen MR) is 80.6 cm³/mol. The Hall–Kier alpha value is -0.690. The summed E-state index contributed by atoms with van der Waals surface area (Å²) < 4.78 is 0. The van der Waals surface area contributed by atoms with Gasteiger partial charge in [0.25, 0.3) is 0 Å². The molecule has 1 aromatic carbocycles. The Bertz CT molecular complexity index is 455. The fraction of sp³-hybridized carbons (Fsp3) is 0.647. The van der Waals surface area contributed by atoms with Gasteiger partial charge in [0.1, 0.15) is 0 Å². The van der Waals surface area contributed by atoms with Crippen molar-refractivity contribution in [1.82, 2.24) is 0 Å². The van der Waals surface area contributed by atoms with Gasteiger partial charge in [-0.25, -0.2) is 0 Å². The van der Waals surface area contributed by atoms with Crippen LogP contribution in [0.2, 0.25) is 0 Å². The molecule has 0 heterocycles. The lowest BCUT2D eigenvalue weighted by Gasteiger charge is -2.60. The van der Waals surface area contributed by atoms with Crippen LogP contribution in [0.15, 0.2) is 30.3 Å². The number of hydrogen-bond donors (Lipinski definition) is 1. The topological polar surface area (TPSA) is 12.0 Å². The van der Waals surface area contributed by atoms with Crippen LogP contribution in [0.25, 0.3) is 0 Å². The molecule has 102 valence electrons. The number of para-hydroxylation sites is 1. The van der Waals surface area contributed by atoms with E-state index in [-0.39, 0.29) is 4.87 Å². The van der Waals surface area contributed by atoms with Crippen molar-refractivity contribution in [3.8, 4) is 0 Å². The first-order valence-electron chi connectivity index (χ1n) is 7.63. The molecule has 0 aromatic heterocycles. The summed E-state index contributed by atoms with van der Waals surface area (Å²) in [6.07, 6.45) is 8.03. The molecule has 2 unspecified atom stereocenters. The molecular weight excluding hydrogens is 254 g/mol. The number of benzene rings is 1. The Morgan fingerprint density at radius 2 is 1.74 bits per heavy atom. The van der Waals surface area contributed by atoms with Crippen molar-refractivity contribution in [2.75, 3.05) is 11.9 Å². The van der Waals surface area contributed by atoms with Crippen LogP contribution in [0, 0.1) is 17.3 Å². The molecule has 4 fully saturated rings. The molecule has 0 spiro atoms. The van der Waals surface area contributed by atoms with Gasteiger partial charge < -0.3 is 5.32 Å². The third-order valence-corrected chi connectivity index (χ3v) is 5.99. The van der Waals surface area contributed by atoms with E-state index in [2.05, 4.69) is 35.6 Å². The van der Waals surface area contributed by atoms with Gasteiger partial charge in [0.05, 0.1) is 0 Å². The van der Waals surface area contributed by atoms with E-state index in [0.29, 0.717) is 5.41 Å². The molecule has 2 atom stereocenters. The monoisotopic (exact) mass is 275 g/mol. The van der Waals surface area contributed by atoms with Crippen LogP contribution < -0.4 is 5.32 Å². The first-order valence-corrected chi connectivity index (χ1v) is 8.01. The van der Waals surface area contributed by atoms with E-state index in [9.17, 15) is 0 Å². The number of nitrogens with one attached hydrogen (secondary N) is 1. The summed E-state index contributed by atoms with van der Waals surface area (Å²) in [5.74, 6) is 1.80. The normalized spacial score (nSPS) is 43.4. The predicted octanol–water partition coefficient (Wildman–Crippen LogP) is 4.68. The Labute approximate surface area is 120 Å². The molecule has 0 radical (unpaired) electrons. The summed E-state index contributed by atoms with van der Waals surface area (Å²) in [5, 5.41) is 3.66. The standard InChI is InChI=1S/C17H22ClN/c18-17-9-13-6-14(10-17)8-16(7-13,11-17)12-19-15-4-2-1-3-5-15/h1-5,13-14,19H,6-12H2. The molecule has 0 aliphatic heterocycles. The van der Waals surface area contributed by atoms with Crippen LogP contribution in [0.1, 0.15) is 38.5 Å². The van der Waals surface area contributed by atoms with Crippen LogP contribution >= 0.6 is 11.6 Å². The largest absolute Gasteiger partial charge is 0.384 e. The van der Waals surface area contributed by atoms with Crippen molar-refractivity contribution >= 4 is 17.3 Å². The second kappa shape index (κ2) is 4.15. The highest BCUT2D eigenvalue weighted by molar-refractivity contribution is 6.24. The van der Waals surface area contributed by atoms with Gasteiger partial charge >= 0.3 is 0 Å². The molecule has 0 amide bonds. The molecular formula is C17H22ClN. The van der Waals surface area contributed by atoms with Gasteiger partial charge in [-0.1, -0.05) is 18.2 Å². The van der Waals surface area contributed by atoms with Gasteiger partial charge in [0.15, 0.2) is 0 Å². The summed E-state index contributed by atoms with van der Waals surface area (Å²) in [6, 6.07) is 10.6. The molecule has 2 heteroatoms. The van der Waals surface area contributed by atoms with Crippen LogP contribution in [-0.2, 0) is 0 Å². The Balaban J connectivity index is 1.51. The minimum atomic E-state index is 0.141. The van der Waals surface area contributed by atoms with E-state index >= 15 is 0 Å². The fourth-order valence-corrected chi connectivity index (χ4v) is 6.11. The molecule has 4 aliphatic carbocycles. The molecule has 4 saturated carbocycles. The maximum absolute atomic E-state index is 6.87. The SMILES string of the molecule is ClC12CC3CC(C1)CC(CNc1ccccc1)(C3)C2. The van der Waals surface area contributed by atoms with Crippen LogP contribution in [-0.4, -0.2) is 11.4 Å². The zero-order valence-corrected chi connectivity index (χ0v) is 12.1. The number of hydrogen-bond acceptors (Lipinski definition) is 1. The van der Waals surface area contributed by atoms with E-state index in [1.165, 1.54) is 44.2 Å². The second-order valence-corrected chi connectivity index (χ2v) is 8.13. The molecule has 4 aliphatic rings. The minimum absolute atomic E-state index is 0.141. The van der Waals surface area contributed by atoms with E-state index in [1.807, 2.05) is 0 Å². The zero-order chi connectivity index (χ0) is 12.9. The summed E-state index contributed by atoms with van der Waals surface area (Å²) >= 11 is 6.87. The Morgan fingerprint density at radius 3 is 2.37 bits per heavy atom. The van der Waals surface area contributed by atoms with Gasteiger partial charge in [-0.05, 0) is 67.9 Å². The average Bonchev–Trinajstić information content (AvgIpc) is 2.35. The average molecular weight is 276 g/mol. The fourth-order valence-electron chi connectivity index (χ4n) is 5.39. The Morgan fingerprint density at radius 1 is 1.05 bits per heavy atom. The van der Waals surface area contributed by atoms with Crippen LogP contribution in [0.5, 0.6) is 0 Å². The van der Waals surface area contributed by atoms with Crippen molar-refractivity contribution < 1.29 is 0 Å². The third-order valence-electron chi connectivity index (χ3n) is 5.55. The van der Waals surface area contributed by atoms with Gasteiger partial charge in [-0.3, -0.25) is 0 Å². The Kier molecular flexibility index (Phi) is 2.64.